The van der Waals surface area contributed by atoms with Crippen LogP contribution in [0.5, 0.6) is 0 Å². The highest BCUT2D eigenvalue weighted by Gasteiger charge is 2.32. The van der Waals surface area contributed by atoms with E-state index in [1.807, 2.05) is 25.1 Å². The van der Waals surface area contributed by atoms with Crippen molar-refractivity contribution in [1.82, 2.24) is 5.32 Å². The van der Waals surface area contributed by atoms with Gasteiger partial charge >= 0.3 is 6.18 Å². The normalized spacial score (nSPS) is 16.3. The molecule has 0 saturated carbocycles. The number of nitrogens with zero attached hydrogens (tertiary/aromatic N) is 1. The molecule has 0 aromatic heterocycles. The average molecular weight is 567 g/mol. The minimum atomic E-state index is -4.61. The van der Waals surface area contributed by atoms with Crippen molar-refractivity contribution in [2.24, 2.45) is 0 Å². The zero-order chi connectivity index (χ0) is 29.0. The standard InChI is InChI=1S/C31H33F3N4O3/c1-20-5-6-26(19-28(20)37-29(39)23-4-2-3-22(15-23)21-7-9-35-10-8-21)36-30(40)24-16-25(31(32,33)34)18-27(17-24)38-11-13-41-14-12-38/h2-6,15-19,21,35H,7-14H2,1H3,(H,36,40)(H,37,39). The molecule has 0 atom stereocenters. The smallest absolute Gasteiger partial charge is 0.378 e. The van der Waals surface area contributed by atoms with E-state index in [9.17, 15) is 22.8 Å². The molecule has 2 amide bonds. The van der Waals surface area contributed by atoms with Gasteiger partial charge in [-0.25, -0.2) is 0 Å². The molecule has 2 aliphatic rings. The summed E-state index contributed by atoms with van der Waals surface area (Å²) in [5.74, 6) is -0.550. The molecule has 2 fully saturated rings. The lowest BCUT2D eigenvalue weighted by molar-refractivity contribution is -0.137. The van der Waals surface area contributed by atoms with Crippen LogP contribution in [-0.4, -0.2) is 51.2 Å². The van der Waals surface area contributed by atoms with Crippen molar-refractivity contribution in [3.05, 3.63) is 88.5 Å². The Balaban J connectivity index is 1.33. The number of aryl methyl sites for hydroxylation is 1. The Morgan fingerprint density at radius 2 is 1.63 bits per heavy atom. The molecular formula is C31H33F3N4O3. The molecule has 0 unspecified atom stereocenters. The molecule has 0 aliphatic carbocycles. The number of piperidine rings is 1. The van der Waals surface area contributed by atoms with Gasteiger partial charge in [-0.05, 0) is 92.4 Å². The summed E-state index contributed by atoms with van der Waals surface area (Å²) in [6.07, 6.45) is -2.57. The fourth-order valence-electron chi connectivity index (χ4n) is 5.23. The van der Waals surface area contributed by atoms with Gasteiger partial charge < -0.3 is 25.6 Å². The quantitative estimate of drug-likeness (QED) is 0.350. The molecule has 5 rings (SSSR count). The number of alkyl halides is 3. The number of halogens is 3. The molecule has 3 N–H and O–H groups in total. The van der Waals surface area contributed by atoms with E-state index >= 15 is 0 Å². The Bertz CT molecular complexity index is 1410. The van der Waals surface area contributed by atoms with E-state index in [1.165, 1.54) is 6.07 Å². The molecular weight excluding hydrogens is 533 g/mol. The van der Waals surface area contributed by atoms with Crippen LogP contribution in [0, 0.1) is 6.92 Å². The minimum absolute atomic E-state index is 0.109. The van der Waals surface area contributed by atoms with Crippen LogP contribution in [0.25, 0.3) is 0 Å². The van der Waals surface area contributed by atoms with Crippen LogP contribution in [0.3, 0.4) is 0 Å². The number of hydrogen-bond acceptors (Lipinski definition) is 5. The summed E-state index contributed by atoms with van der Waals surface area (Å²) in [7, 11) is 0. The molecule has 0 radical (unpaired) electrons. The molecule has 3 aromatic carbocycles. The number of hydrogen-bond donors (Lipinski definition) is 3. The molecule has 41 heavy (non-hydrogen) atoms. The van der Waals surface area contributed by atoms with Crippen LogP contribution in [0.4, 0.5) is 30.2 Å². The first-order chi connectivity index (χ1) is 19.7. The molecule has 216 valence electrons. The number of benzene rings is 3. The van der Waals surface area contributed by atoms with Gasteiger partial charge in [-0.2, -0.15) is 13.2 Å². The van der Waals surface area contributed by atoms with Gasteiger partial charge in [-0.15, -0.1) is 0 Å². The van der Waals surface area contributed by atoms with E-state index in [-0.39, 0.29) is 11.5 Å². The highest BCUT2D eigenvalue weighted by molar-refractivity contribution is 6.07. The van der Waals surface area contributed by atoms with E-state index in [0.29, 0.717) is 54.8 Å². The third-order valence-corrected chi connectivity index (χ3v) is 7.59. The number of carbonyl (C=O) groups excluding carboxylic acids is 2. The number of amides is 2. The highest BCUT2D eigenvalue weighted by atomic mass is 19.4. The zero-order valence-corrected chi connectivity index (χ0v) is 22.8. The average Bonchev–Trinajstić information content (AvgIpc) is 2.99. The lowest BCUT2D eigenvalue weighted by Gasteiger charge is -2.29. The van der Waals surface area contributed by atoms with Crippen molar-refractivity contribution < 1.29 is 27.5 Å². The predicted octanol–water partition coefficient (Wildman–Crippen LogP) is 5.82. The van der Waals surface area contributed by atoms with Gasteiger partial charge in [0.25, 0.3) is 11.8 Å². The Morgan fingerprint density at radius 3 is 2.37 bits per heavy atom. The van der Waals surface area contributed by atoms with E-state index in [0.717, 1.165) is 49.2 Å². The van der Waals surface area contributed by atoms with Gasteiger partial charge in [0.1, 0.15) is 0 Å². The van der Waals surface area contributed by atoms with Crippen molar-refractivity contribution in [2.45, 2.75) is 31.9 Å². The monoisotopic (exact) mass is 566 g/mol. The van der Waals surface area contributed by atoms with Crippen LogP contribution in [0.1, 0.15) is 56.2 Å². The number of morpholine rings is 1. The number of ether oxygens (including phenoxy) is 1. The number of anilines is 3. The largest absolute Gasteiger partial charge is 0.416 e. The second kappa shape index (κ2) is 12.3. The fourth-order valence-corrected chi connectivity index (χ4v) is 5.23. The Labute approximate surface area is 237 Å². The van der Waals surface area contributed by atoms with E-state index in [1.54, 1.807) is 29.2 Å². The molecule has 0 bridgehead atoms. The summed E-state index contributed by atoms with van der Waals surface area (Å²) >= 11 is 0. The van der Waals surface area contributed by atoms with Crippen LogP contribution >= 0.6 is 0 Å². The van der Waals surface area contributed by atoms with Crippen LogP contribution in [0.15, 0.2) is 60.7 Å². The van der Waals surface area contributed by atoms with Gasteiger partial charge in [0.05, 0.1) is 18.8 Å². The fraction of sp³-hybridized carbons (Fsp3) is 0.355. The van der Waals surface area contributed by atoms with Gasteiger partial charge in [-0.3, -0.25) is 9.59 Å². The second-order valence-corrected chi connectivity index (χ2v) is 10.5. The van der Waals surface area contributed by atoms with Gasteiger partial charge in [0.15, 0.2) is 0 Å². The van der Waals surface area contributed by atoms with Gasteiger partial charge in [0.2, 0.25) is 0 Å². The Kier molecular flexibility index (Phi) is 8.60. The summed E-state index contributed by atoms with van der Waals surface area (Å²) in [5.41, 5.74) is 2.61. The van der Waals surface area contributed by atoms with Crippen molar-refractivity contribution >= 4 is 28.9 Å². The molecule has 10 heteroatoms. The molecule has 2 heterocycles. The topological polar surface area (TPSA) is 82.7 Å². The predicted molar refractivity (Wildman–Crippen MR) is 153 cm³/mol. The first-order valence-corrected chi connectivity index (χ1v) is 13.8. The van der Waals surface area contributed by atoms with E-state index < -0.39 is 17.6 Å². The SMILES string of the molecule is Cc1ccc(NC(=O)c2cc(N3CCOCC3)cc(C(F)(F)F)c2)cc1NC(=O)c1cccc(C2CCNCC2)c1. The summed E-state index contributed by atoms with van der Waals surface area (Å²) in [4.78, 5) is 28.1. The third kappa shape index (κ3) is 7.07. The van der Waals surface area contributed by atoms with Gasteiger partial charge in [-0.1, -0.05) is 18.2 Å². The maximum absolute atomic E-state index is 13.7. The Hall–Kier alpha value is -3.89. The van der Waals surface area contributed by atoms with Gasteiger partial charge in [0, 0.05) is 41.3 Å². The second-order valence-electron chi connectivity index (χ2n) is 10.5. The molecule has 7 nitrogen and oxygen atoms in total. The van der Waals surface area contributed by atoms with Crippen molar-refractivity contribution in [3.63, 3.8) is 0 Å². The lowest BCUT2D eigenvalue weighted by Crippen LogP contribution is -2.36. The zero-order valence-electron chi connectivity index (χ0n) is 22.8. The van der Waals surface area contributed by atoms with Crippen molar-refractivity contribution in [2.75, 3.05) is 54.9 Å². The van der Waals surface area contributed by atoms with Crippen LogP contribution in [0.2, 0.25) is 0 Å². The summed E-state index contributed by atoms with van der Waals surface area (Å²) in [5, 5.41) is 8.97. The number of nitrogens with one attached hydrogen (secondary N) is 3. The molecule has 0 spiro atoms. The summed E-state index contributed by atoms with van der Waals surface area (Å²) in [6.45, 7) is 5.40. The van der Waals surface area contributed by atoms with Crippen LogP contribution in [-0.2, 0) is 10.9 Å². The Morgan fingerprint density at radius 1 is 0.902 bits per heavy atom. The third-order valence-electron chi connectivity index (χ3n) is 7.59. The van der Waals surface area contributed by atoms with E-state index in [2.05, 4.69) is 16.0 Å². The maximum Gasteiger partial charge on any atom is 0.416 e. The molecule has 3 aromatic rings. The van der Waals surface area contributed by atoms with Crippen LogP contribution < -0.4 is 20.9 Å². The summed E-state index contributed by atoms with van der Waals surface area (Å²) < 4.78 is 46.3. The number of carbonyl (C=O) groups is 2. The number of rotatable bonds is 6. The van der Waals surface area contributed by atoms with Crippen molar-refractivity contribution in [3.8, 4) is 0 Å². The maximum atomic E-state index is 13.7. The first kappa shape index (κ1) is 28.6. The first-order valence-electron chi connectivity index (χ1n) is 13.8. The molecule has 2 aliphatic heterocycles. The minimum Gasteiger partial charge on any atom is -0.378 e. The summed E-state index contributed by atoms with van der Waals surface area (Å²) in [6, 6.07) is 16.0. The van der Waals surface area contributed by atoms with Crippen molar-refractivity contribution in [1.29, 1.82) is 0 Å². The lowest BCUT2D eigenvalue weighted by atomic mass is 9.89. The highest BCUT2D eigenvalue weighted by Crippen LogP contribution is 2.34. The molecule has 2 saturated heterocycles. The van der Waals surface area contributed by atoms with E-state index in [4.69, 9.17) is 4.74 Å².